The molecular formula is C15H17F3N2O4. The average Bonchev–Trinajstić information content (AvgIpc) is 2.66. The van der Waals surface area contributed by atoms with Crippen molar-refractivity contribution in [3.63, 3.8) is 0 Å². The zero-order valence-corrected chi connectivity index (χ0v) is 12.9. The summed E-state index contributed by atoms with van der Waals surface area (Å²) in [5.74, 6) is -3.04. The highest BCUT2D eigenvalue weighted by Crippen LogP contribution is 2.33. The van der Waals surface area contributed by atoms with Crippen LogP contribution in [0.4, 0.5) is 18.9 Å². The molecule has 0 aliphatic carbocycles. The summed E-state index contributed by atoms with van der Waals surface area (Å²) in [6, 6.07) is 6.52. The number of hydrogen-bond donors (Lipinski definition) is 1. The number of hydrogen-bond acceptors (Lipinski definition) is 5. The normalized spacial score (nSPS) is 22.0. The molecular weight excluding hydrogens is 329 g/mol. The van der Waals surface area contributed by atoms with Crippen molar-refractivity contribution in [2.45, 2.75) is 31.2 Å². The summed E-state index contributed by atoms with van der Waals surface area (Å²) in [4.78, 5) is 25.0. The fourth-order valence-electron chi connectivity index (χ4n) is 2.50. The quantitative estimate of drug-likeness (QED) is 0.668. The lowest BCUT2D eigenvalue weighted by atomic mass is 10.1. The Morgan fingerprint density at radius 2 is 1.96 bits per heavy atom. The van der Waals surface area contributed by atoms with Crippen molar-refractivity contribution in [3.8, 4) is 5.75 Å². The number of carbonyl (C=O) groups is 2. The Morgan fingerprint density at radius 1 is 1.29 bits per heavy atom. The van der Waals surface area contributed by atoms with E-state index in [2.05, 4.69) is 4.74 Å². The van der Waals surface area contributed by atoms with Gasteiger partial charge in [0.2, 0.25) is 5.72 Å². The standard InChI is InChI=1S/C15H17F3N2O4/c1-23-11-7-3-2-6-10(11)20-9-5-4-8-14(19,12(20)21)24-13(22)15(16,17)18/h2-3,6-7H,4-5,8-9,19H2,1H3/t14-/m0/s1. The highest BCUT2D eigenvalue weighted by Gasteiger charge is 2.50. The van der Waals surface area contributed by atoms with Gasteiger partial charge in [0.1, 0.15) is 5.75 Å². The molecule has 1 heterocycles. The van der Waals surface area contributed by atoms with E-state index in [1.165, 1.54) is 12.0 Å². The van der Waals surface area contributed by atoms with Crippen LogP contribution < -0.4 is 15.4 Å². The van der Waals surface area contributed by atoms with Gasteiger partial charge in [-0.25, -0.2) is 4.79 Å². The number of alkyl halides is 3. The summed E-state index contributed by atoms with van der Waals surface area (Å²) in [7, 11) is 1.40. The van der Waals surface area contributed by atoms with Gasteiger partial charge in [0, 0.05) is 13.0 Å². The van der Waals surface area contributed by atoms with E-state index in [0.29, 0.717) is 24.3 Å². The van der Waals surface area contributed by atoms with Crippen molar-refractivity contribution in [2.75, 3.05) is 18.6 Å². The van der Waals surface area contributed by atoms with Crippen LogP contribution in [0.25, 0.3) is 0 Å². The Morgan fingerprint density at radius 3 is 2.58 bits per heavy atom. The molecule has 0 bridgehead atoms. The van der Waals surface area contributed by atoms with Crippen LogP contribution >= 0.6 is 0 Å². The van der Waals surface area contributed by atoms with E-state index in [0.717, 1.165) is 0 Å². The summed E-state index contributed by atoms with van der Waals surface area (Å²) in [6.07, 6.45) is -4.60. The van der Waals surface area contributed by atoms with Crippen molar-refractivity contribution in [1.82, 2.24) is 0 Å². The maximum absolute atomic E-state index is 12.7. The molecule has 1 saturated heterocycles. The van der Waals surface area contributed by atoms with E-state index < -0.39 is 23.8 Å². The number of nitrogens with two attached hydrogens (primary N) is 1. The van der Waals surface area contributed by atoms with Gasteiger partial charge in [-0.2, -0.15) is 13.2 Å². The molecule has 2 N–H and O–H groups in total. The van der Waals surface area contributed by atoms with Crippen LogP contribution in [-0.2, 0) is 14.3 Å². The fourth-order valence-corrected chi connectivity index (χ4v) is 2.50. The summed E-state index contributed by atoms with van der Waals surface area (Å²) < 4.78 is 46.9. The number of amides is 1. The van der Waals surface area contributed by atoms with Gasteiger partial charge in [0.25, 0.3) is 5.91 Å². The Hall–Kier alpha value is -2.29. The van der Waals surface area contributed by atoms with Crippen molar-refractivity contribution >= 4 is 17.6 Å². The Bertz CT molecular complexity index is 635. The smallest absolute Gasteiger partial charge is 0.491 e. The Balaban J connectivity index is 2.35. The van der Waals surface area contributed by atoms with E-state index in [4.69, 9.17) is 10.5 Å². The number of methoxy groups -OCH3 is 1. The minimum Gasteiger partial charge on any atom is -0.495 e. The van der Waals surface area contributed by atoms with Crippen LogP contribution in [0.5, 0.6) is 5.75 Å². The number of halogens is 3. The Labute approximate surface area is 136 Å². The number of benzene rings is 1. The van der Waals surface area contributed by atoms with Crippen molar-refractivity contribution in [3.05, 3.63) is 24.3 Å². The van der Waals surface area contributed by atoms with E-state index in [-0.39, 0.29) is 13.0 Å². The second kappa shape index (κ2) is 6.68. The van der Waals surface area contributed by atoms with E-state index in [1.807, 2.05) is 0 Å². The molecule has 0 radical (unpaired) electrons. The van der Waals surface area contributed by atoms with E-state index in [1.54, 1.807) is 24.3 Å². The first kappa shape index (κ1) is 18.1. The van der Waals surface area contributed by atoms with Crippen LogP contribution in [0.3, 0.4) is 0 Å². The fraction of sp³-hybridized carbons (Fsp3) is 0.467. The lowest BCUT2D eigenvalue weighted by Gasteiger charge is -2.32. The van der Waals surface area contributed by atoms with Gasteiger partial charge in [-0.15, -0.1) is 0 Å². The first-order valence-electron chi connectivity index (χ1n) is 7.23. The maximum Gasteiger partial charge on any atom is 0.491 e. The van der Waals surface area contributed by atoms with Gasteiger partial charge in [-0.05, 0) is 25.0 Å². The average molecular weight is 346 g/mol. The molecule has 0 unspecified atom stereocenters. The number of carbonyl (C=O) groups excluding carboxylic acids is 2. The zero-order valence-electron chi connectivity index (χ0n) is 12.9. The molecule has 1 amide bonds. The summed E-state index contributed by atoms with van der Waals surface area (Å²) >= 11 is 0. The minimum atomic E-state index is -5.23. The van der Waals surface area contributed by atoms with E-state index in [9.17, 15) is 22.8 Å². The zero-order chi connectivity index (χ0) is 18.0. The number of ether oxygens (including phenoxy) is 2. The highest BCUT2D eigenvalue weighted by molar-refractivity contribution is 6.01. The predicted octanol–water partition coefficient (Wildman–Crippen LogP) is 1.97. The third-order valence-electron chi connectivity index (χ3n) is 3.67. The number of para-hydroxylation sites is 2. The van der Waals surface area contributed by atoms with Gasteiger partial charge < -0.3 is 14.4 Å². The van der Waals surface area contributed by atoms with Gasteiger partial charge in [0.15, 0.2) is 0 Å². The topological polar surface area (TPSA) is 81.9 Å². The number of nitrogens with zero attached hydrogens (tertiary/aromatic N) is 1. The van der Waals surface area contributed by atoms with Crippen LogP contribution in [-0.4, -0.2) is 37.4 Å². The second-order valence-corrected chi connectivity index (χ2v) is 5.36. The lowest BCUT2D eigenvalue weighted by molar-refractivity contribution is -0.214. The molecule has 1 aromatic carbocycles. The molecule has 0 aromatic heterocycles. The monoisotopic (exact) mass is 346 g/mol. The van der Waals surface area contributed by atoms with Crippen LogP contribution in [0.15, 0.2) is 24.3 Å². The maximum atomic E-state index is 12.7. The molecule has 1 atom stereocenters. The summed E-state index contributed by atoms with van der Waals surface area (Å²) in [5.41, 5.74) is 3.72. The molecule has 0 spiro atoms. The molecule has 1 aliphatic heterocycles. The molecule has 6 nitrogen and oxygen atoms in total. The number of rotatable bonds is 3. The number of esters is 1. The van der Waals surface area contributed by atoms with Gasteiger partial charge in [-0.1, -0.05) is 12.1 Å². The van der Waals surface area contributed by atoms with Gasteiger partial charge in [-0.3, -0.25) is 10.5 Å². The molecule has 1 aliphatic rings. The SMILES string of the molecule is COc1ccccc1N1CCCC[C@](N)(OC(=O)C(F)(F)F)C1=O. The molecule has 1 aromatic rings. The minimum absolute atomic E-state index is 0.195. The van der Waals surface area contributed by atoms with Crippen molar-refractivity contribution in [2.24, 2.45) is 5.73 Å². The third kappa shape index (κ3) is 3.61. The summed E-state index contributed by atoms with van der Waals surface area (Å²) in [5, 5.41) is 0. The molecule has 0 saturated carbocycles. The lowest BCUT2D eigenvalue weighted by Crippen LogP contribution is -2.58. The molecule has 2 rings (SSSR count). The first-order chi connectivity index (χ1) is 11.2. The van der Waals surface area contributed by atoms with E-state index >= 15 is 0 Å². The van der Waals surface area contributed by atoms with Gasteiger partial charge in [0.05, 0.1) is 12.8 Å². The third-order valence-corrected chi connectivity index (χ3v) is 3.67. The van der Waals surface area contributed by atoms with Crippen molar-refractivity contribution < 1.29 is 32.2 Å². The molecule has 24 heavy (non-hydrogen) atoms. The van der Waals surface area contributed by atoms with Crippen LogP contribution in [0.1, 0.15) is 19.3 Å². The summed E-state index contributed by atoms with van der Waals surface area (Å²) in [6.45, 7) is 0.224. The van der Waals surface area contributed by atoms with Crippen LogP contribution in [0.2, 0.25) is 0 Å². The first-order valence-corrected chi connectivity index (χ1v) is 7.23. The predicted molar refractivity (Wildman–Crippen MR) is 78.3 cm³/mol. The molecule has 1 fully saturated rings. The van der Waals surface area contributed by atoms with Crippen LogP contribution in [0, 0.1) is 0 Å². The highest BCUT2D eigenvalue weighted by atomic mass is 19.4. The molecule has 9 heteroatoms. The largest absolute Gasteiger partial charge is 0.495 e. The molecule has 132 valence electrons. The second-order valence-electron chi connectivity index (χ2n) is 5.36. The van der Waals surface area contributed by atoms with Crippen molar-refractivity contribution in [1.29, 1.82) is 0 Å². The van der Waals surface area contributed by atoms with Gasteiger partial charge >= 0.3 is 12.1 Å². The Kier molecular flexibility index (Phi) is 5.02. The number of anilines is 1.